The van der Waals surface area contributed by atoms with Gasteiger partial charge in [-0.25, -0.2) is 0 Å². The topological polar surface area (TPSA) is 180 Å². The summed E-state index contributed by atoms with van der Waals surface area (Å²) in [5.74, 6) is -3.13. The van der Waals surface area contributed by atoms with E-state index >= 15 is 0 Å². The van der Waals surface area contributed by atoms with Gasteiger partial charge in [0.1, 0.15) is 12.6 Å². The molecule has 0 bridgehead atoms. The van der Waals surface area contributed by atoms with Crippen molar-refractivity contribution >= 4 is 29.6 Å². The third-order valence-corrected chi connectivity index (χ3v) is 3.71. The molecule has 0 aromatic rings. The molecule has 0 saturated heterocycles. The van der Waals surface area contributed by atoms with Crippen molar-refractivity contribution in [2.24, 2.45) is 17.6 Å². The highest BCUT2D eigenvalue weighted by molar-refractivity contribution is 5.92. The second-order valence-corrected chi connectivity index (χ2v) is 7.59. The number of hydrogen-bond acceptors (Lipinski definition) is 6. The second-order valence-electron chi connectivity index (χ2n) is 7.59. The number of carbonyl (C=O) groups is 5. The van der Waals surface area contributed by atoms with Crippen LogP contribution >= 0.6 is 0 Å². The largest absolute Gasteiger partial charge is 0.480 e. The lowest BCUT2D eigenvalue weighted by Crippen LogP contribution is -2.53. The number of rotatable bonds is 13. The minimum absolute atomic E-state index is 0.110. The van der Waals surface area contributed by atoms with Gasteiger partial charge in [0.05, 0.1) is 19.1 Å². The van der Waals surface area contributed by atoms with Gasteiger partial charge < -0.3 is 32.1 Å². The number of hydrogen-bond donors (Lipinski definition) is 6. The van der Waals surface area contributed by atoms with Crippen molar-refractivity contribution in [3.8, 4) is 0 Å². The van der Waals surface area contributed by atoms with Crippen LogP contribution in [-0.2, 0) is 24.0 Å². The molecule has 0 saturated carbocycles. The summed E-state index contributed by atoms with van der Waals surface area (Å²) in [6.45, 7) is 6.29. The Morgan fingerprint density at radius 2 is 1.24 bits per heavy atom. The van der Waals surface area contributed by atoms with E-state index in [1.807, 2.05) is 27.7 Å². The number of carbonyl (C=O) groups excluding carboxylic acids is 4. The molecule has 4 amide bonds. The van der Waals surface area contributed by atoms with Gasteiger partial charge in [0.2, 0.25) is 23.6 Å². The predicted octanol–water partition coefficient (Wildman–Crippen LogP) is -1.68. The fraction of sp³-hybridized carbons (Fsp3) is 0.722. The minimum atomic E-state index is -1.21. The smallest absolute Gasteiger partial charge is 0.322 e. The molecule has 0 aromatic heterocycles. The monoisotopic (exact) mass is 415 g/mol. The summed E-state index contributed by atoms with van der Waals surface area (Å²) in [6.07, 6.45) is 0.847. The molecule has 166 valence electrons. The second kappa shape index (κ2) is 13.5. The molecular weight excluding hydrogens is 382 g/mol. The van der Waals surface area contributed by atoms with E-state index in [1.54, 1.807) is 0 Å². The first kappa shape index (κ1) is 26.3. The summed E-state index contributed by atoms with van der Waals surface area (Å²) < 4.78 is 0. The Balaban J connectivity index is 4.55. The fourth-order valence-corrected chi connectivity index (χ4v) is 2.37. The van der Waals surface area contributed by atoms with Gasteiger partial charge in [0, 0.05) is 0 Å². The van der Waals surface area contributed by atoms with E-state index in [0.717, 1.165) is 0 Å². The summed E-state index contributed by atoms with van der Waals surface area (Å²) >= 11 is 0. The summed E-state index contributed by atoms with van der Waals surface area (Å²) in [5.41, 5.74) is 5.85. The van der Waals surface area contributed by atoms with Crippen molar-refractivity contribution in [1.29, 1.82) is 0 Å². The molecular formula is C18H33N5O6. The van der Waals surface area contributed by atoms with Gasteiger partial charge in [0.25, 0.3) is 0 Å². The maximum Gasteiger partial charge on any atom is 0.322 e. The summed E-state index contributed by atoms with van der Waals surface area (Å²) in [6, 6.07) is -1.57. The predicted molar refractivity (Wildman–Crippen MR) is 105 cm³/mol. The fourth-order valence-electron chi connectivity index (χ4n) is 2.37. The maximum absolute atomic E-state index is 12.4. The van der Waals surface area contributed by atoms with Crippen LogP contribution in [0.15, 0.2) is 0 Å². The number of amides is 4. The van der Waals surface area contributed by atoms with Crippen LogP contribution in [0.2, 0.25) is 0 Å². The normalized spacial score (nSPS) is 12.8. The first-order chi connectivity index (χ1) is 13.4. The lowest BCUT2D eigenvalue weighted by Gasteiger charge is -2.22. The number of carboxylic acids is 1. The zero-order chi connectivity index (χ0) is 22.6. The van der Waals surface area contributed by atoms with Crippen molar-refractivity contribution in [2.45, 2.75) is 52.6 Å². The van der Waals surface area contributed by atoms with Crippen LogP contribution in [0, 0.1) is 11.8 Å². The summed E-state index contributed by atoms with van der Waals surface area (Å²) in [7, 11) is 0. The highest BCUT2D eigenvalue weighted by Crippen LogP contribution is 2.07. The van der Waals surface area contributed by atoms with E-state index in [2.05, 4.69) is 21.3 Å². The van der Waals surface area contributed by atoms with Gasteiger partial charge in [-0.05, 0) is 24.7 Å². The average molecular weight is 415 g/mol. The number of nitrogens with one attached hydrogen (secondary N) is 4. The number of nitrogens with two attached hydrogens (primary N) is 1. The lowest BCUT2D eigenvalue weighted by molar-refractivity contribution is -0.137. The molecule has 0 radical (unpaired) electrons. The molecule has 0 fully saturated rings. The molecule has 0 rings (SSSR count). The molecule has 0 aromatic carbocycles. The quantitative estimate of drug-likeness (QED) is 0.208. The van der Waals surface area contributed by atoms with Gasteiger partial charge in [-0.3, -0.25) is 24.0 Å². The van der Waals surface area contributed by atoms with Crippen molar-refractivity contribution in [2.75, 3.05) is 19.6 Å². The minimum Gasteiger partial charge on any atom is -0.480 e. The maximum atomic E-state index is 12.4. The van der Waals surface area contributed by atoms with Gasteiger partial charge in [-0.15, -0.1) is 0 Å². The molecule has 0 aliphatic carbocycles. The van der Waals surface area contributed by atoms with Crippen LogP contribution in [0.3, 0.4) is 0 Å². The van der Waals surface area contributed by atoms with Crippen LogP contribution in [-0.4, -0.2) is 66.4 Å². The molecule has 0 spiro atoms. The molecule has 2 atom stereocenters. The molecule has 7 N–H and O–H groups in total. The number of aliphatic carboxylic acids is 1. The first-order valence-corrected chi connectivity index (χ1v) is 9.51. The Hall–Kier alpha value is -2.69. The highest BCUT2D eigenvalue weighted by atomic mass is 16.4. The van der Waals surface area contributed by atoms with Crippen molar-refractivity contribution in [3.05, 3.63) is 0 Å². The zero-order valence-electron chi connectivity index (χ0n) is 17.4. The Morgan fingerprint density at radius 1 is 0.759 bits per heavy atom. The van der Waals surface area contributed by atoms with E-state index in [1.165, 1.54) is 0 Å². The van der Waals surface area contributed by atoms with Gasteiger partial charge in [-0.2, -0.15) is 0 Å². The standard InChI is InChI=1S/C18H33N5O6/c1-10(2)5-12(19)17(28)23-13(6-11(3)4)18(29)22-8-15(25)20-7-14(24)21-9-16(26)27/h10-13H,5-9,19H2,1-4H3,(H,20,25)(H,21,24)(H,22,29)(H,23,28)(H,26,27)/t12-,13-/m0/s1. The van der Waals surface area contributed by atoms with Crippen LogP contribution in [0.25, 0.3) is 0 Å². The molecule has 11 nitrogen and oxygen atoms in total. The molecule has 0 aliphatic rings. The van der Waals surface area contributed by atoms with E-state index in [-0.39, 0.29) is 11.8 Å². The Bertz CT molecular complexity index is 593. The van der Waals surface area contributed by atoms with Crippen LogP contribution in [0.5, 0.6) is 0 Å². The van der Waals surface area contributed by atoms with Crippen molar-refractivity contribution in [3.63, 3.8) is 0 Å². The van der Waals surface area contributed by atoms with E-state index in [0.29, 0.717) is 12.8 Å². The number of carboxylic acid groups (broad SMARTS) is 1. The van der Waals surface area contributed by atoms with Gasteiger partial charge in [-0.1, -0.05) is 27.7 Å². The average Bonchev–Trinajstić information content (AvgIpc) is 2.60. The first-order valence-electron chi connectivity index (χ1n) is 9.51. The molecule has 11 heteroatoms. The van der Waals surface area contributed by atoms with E-state index in [9.17, 15) is 24.0 Å². The lowest BCUT2D eigenvalue weighted by atomic mass is 10.0. The van der Waals surface area contributed by atoms with Crippen molar-refractivity contribution in [1.82, 2.24) is 21.3 Å². The van der Waals surface area contributed by atoms with Crippen LogP contribution in [0.4, 0.5) is 0 Å². The van der Waals surface area contributed by atoms with E-state index < -0.39 is 61.3 Å². The third kappa shape index (κ3) is 13.2. The van der Waals surface area contributed by atoms with Crippen molar-refractivity contribution < 1.29 is 29.1 Å². The van der Waals surface area contributed by atoms with Gasteiger partial charge in [0.15, 0.2) is 0 Å². The zero-order valence-corrected chi connectivity index (χ0v) is 17.4. The molecule has 0 aliphatic heterocycles. The summed E-state index contributed by atoms with van der Waals surface area (Å²) in [4.78, 5) is 58.1. The van der Waals surface area contributed by atoms with E-state index in [4.69, 9.17) is 10.8 Å². The third-order valence-electron chi connectivity index (χ3n) is 3.71. The summed E-state index contributed by atoms with van der Waals surface area (Å²) in [5, 5.41) is 17.8. The SMILES string of the molecule is CC(C)C[C@H](NC(=O)[C@@H](N)CC(C)C)C(=O)NCC(=O)NCC(=O)NCC(=O)O. The molecule has 29 heavy (non-hydrogen) atoms. The Kier molecular flexibility index (Phi) is 12.2. The van der Waals surface area contributed by atoms with Crippen LogP contribution in [0.1, 0.15) is 40.5 Å². The molecule has 0 heterocycles. The van der Waals surface area contributed by atoms with Crippen LogP contribution < -0.4 is 27.0 Å². The Morgan fingerprint density at radius 3 is 1.72 bits per heavy atom. The Labute approximate surface area is 170 Å². The molecule has 0 unspecified atom stereocenters. The van der Waals surface area contributed by atoms with Gasteiger partial charge >= 0.3 is 5.97 Å². The highest BCUT2D eigenvalue weighted by Gasteiger charge is 2.25.